The van der Waals surface area contributed by atoms with Crippen LogP contribution < -0.4 is 5.84 Å². The lowest BCUT2D eigenvalue weighted by atomic mass is 10.1. The van der Waals surface area contributed by atoms with Gasteiger partial charge < -0.3 is 10.7 Å². The highest BCUT2D eigenvalue weighted by Crippen LogP contribution is 2.08. The van der Waals surface area contributed by atoms with Crippen molar-refractivity contribution in [2.45, 2.75) is 32.1 Å². The number of unbranched alkanes of at least 4 members (excludes halogenated alkanes) is 1. The molecule has 0 aliphatic carbocycles. The van der Waals surface area contributed by atoms with Crippen LogP contribution in [0.5, 0.6) is 0 Å². The second-order valence-corrected chi connectivity index (χ2v) is 3.38. The highest BCUT2D eigenvalue weighted by Gasteiger charge is 2.08. The molecule has 0 aromatic heterocycles. The lowest BCUT2D eigenvalue weighted by Crippen LogP contribution is -2.30. The lowest BCUT2D eigenvalue weighted by molar-refractivity contribution is 0.228. The van der Waals surface area contributed by atoms with Crippen LogP contribution in [0.25, 0.3) is 0 Å². The third-order valence-corrected chi connectivity index (χ3v) is 2.36. The highest BCUT2D eigenvalue weighted by atomic mass is 15.1. The fraction of sp³-hybridized carbons (Fsp3) is 0.889. The Balaban J connectivity index is 1.97. The molecule has 0 bridgehead atoms. The summed E-state index contributed by atoms with van der Waals surface area (Å²) in [7, 11) is 0. The zero-order valence-electron chi connectivity index (χ0n) is 7.71. The average molecular weight is 169 g/mol. The van der Waals surface area contributed by atoms with Gasteiger partial charge in [0.1, 0.15) is 0 Å². The minimum absolute atomic E-state index is 1.02. The molecule has 0 spiro atoms. The number of nitrogens with two attached hydrogens (primary N) is 1. The minimum Gasteiger partial charge on any atom is -0.324 e. The van der Waals surface area contributed by atoms with E-state index in [-0.39, 0.29) is 0 Å². The number of piperidine rings is 1. The van der Waals surface area contributed by atoms with Crippen LogP contribution in [0.3, 0.4) is 0 Å². The summed E-state index contributed by atoms with van der Waals surface area (Å²) in [6.07, 6.45) is 8.19. The van der Waals surface area contributed by atoms with Crippen LogP contribution in [0.15, 0.2) is 5.10 Å². The van der Waals surface area contributed by atoms with E-state index in [1.165, 1.54) is 45.3 Å². The summed E-state index contributed by atoms with van der Waals surface area (Å²) < 4.78 is 0. The normalized spacial score (nSPS) is 20.3. The molecular weight excluding hydrogens is 150 g/mol. The van der Waals surface area contributed by atoms with Gasteiger partial charge in [-0.3, -0.25) is 0 Å². The predicted molar refractivity (Wildman–Crippen MR) is 52.2 cm³/mol. The van der Waals surface area contributed by atoms with Crippen molar-refractivity contribution in [2.75, 3.05) is 19.6 Å². The van der Waals surface area contributed by atoms with Crippen molar-refractivity contribution in [3.8, 4) is 0 Å². The number of hydrogen-bond acceptors (Lipinski definition) is 3. The quantitative estimate of drug-likeness (QED) is 0.297. The molecular formula is C9H19N3. The molecule has 1 heterocycles. The first-order valence-corrected chi connectivity index (χ1v) is 4.87. The molecule has 0 atom stereocenters. The Kier molecular flexibility index (Phi) is 4.76. The fourth-order valence-electron chi connectivity index (χ4n) is 1.66. The van der Waals surface area contributed by atoms with Crippen LogP contribution in [-0.4, -0.2) is 30.7 Å². The SMILES string of the molecule is N/N=C/CCCN1CCCCC1. The van der Waals surface area contributed by atoms with Crippen molar-refractivity contribution in [1.29, 1.82) is 0 Å². The summed E-state index contributed by atoms with van der Waals surface area (Å²) in [6, 6.07) is 0. The maximum absolute atomic E-state index is 5.00. The molecule has 3 heteroatoms. The number of rotatable bonds is 4. The highest BCUT2D eigenvalue weighted by molar-refractivity contribution is 5.56. The van der Waals surface area contributed by atoms with Crippen LogP contribution in [0.4, 0.5) is 0 Å². The predicted octanol–water partition coefficient (Wildman–Crippen LogP) is 1.20. The van der Waals surface area contributed by atoms with Gasteiger partial charge in [-0.1, -0.05) is 6.42 Å². The standard InChI is InChI=1S/C9H19N3/c10-11-6-2-5-9-12-7-3-1-4-8-12/h6H,1-5,7-10H2/b11-6+. The van der Waals surface area contributed by atoms with E-state index in [9.17, 15) is 0 Å². The summed E-state index contributed by atoms with van der Waals surface area (Å²) in [5.74, 6) is 5.00. The van der Waals surface area contributed by atoms with Gasteiger partial charge in [0.2, 0.25) is 0 Å². The Morgan fingerprint density at radius 3 is 2.67 bits per heavy atom. The second kappa shape index (κ2) is 6.00. The number of hydrazone groups is 1. The van der Waals surface area contributed by atoms with Crippen molar-refractivity contribution >= 4 is 6.21 Å². The molecule has 0 unspecified atom stereocenters. The Bertz CT molecular complexity index is 128. The molecule has 0 radical (unpaired) electrons. The van der Waals surface area contributed by atoms with Gasteiger partial charge in [0.05, 0.1) is 0 Å². The first-order valence-electron chi connectivity index (χ1n) is 4.87. The van der Waals surface area contributed by atoms with Crippen molar-refractivity contribution in [2.24, 2.45) is 10.9 Å². The molecule has 0 amide bonds. The van der Waals surface area contributed by atoms with Crippen molar-refractivity contribution in [3.05, 3.63) is 0 Å². The lowest BCUT2D eigenvalue weighted by Gasteiger charge is -2.25. The van der Waals surface area contributed by atoms with E-state index in [1.54, 1.807) is 6.21 Å². The van der Waals surface area contributed by atoms with Crippen LogP contribution in [0.1, 0.15) is 32.1 Å². The molecule has 1 aliphatic heterocycles. The van der Waals surface area contributed by atoms with E-state index < -0.39 is 0 Å². The van der Waals surface area contributed by atoms with E-state index in [2.05, 4.69) is 10.0 Å². The third-order valence-electron chi connectivity index (χ3n) is 2.36. The van der Waals surface area contributed by atoms with Gasteiger partial charge in [-0.15, -0.1) is 0 Å². The Morgan fingerprint density at radius 1 is 1.25 bits per heavy atom. The van der Waals surface area contributed by atoms with E-state index in [1.807, 2.05) is 0 Å². The number of likely N-dealkylation sites (tertiary alicyclic amines) is 1. The molecule has 1 rings (SSSR count). The first-order chi connectivity index (χ1) is 5.93. The summed E-state index contributed by atoms with van der Waals surface area (Å²) in [5.41, 5.74) is 0. The largest absolute Gasteiger partial charge is 0.324 e. The summed E-state index contributed by atoms with van der Waals surface area (Å²) >= 11 is 0. The van der Waals surface area contributed by atoms with Gasteiger partial charge in [0.15, 0.2) is 0 Å². The third kappa shape index (κ3) is 3.72. The zero-order chi connectivity index (χ0) is 8.65. The van der Waals surface area contributed by atoms with E-state index in [4.69, 9.17) is 5.84 Å². The molecule has 1 saturated heterocycles. The molecule has 1 aliphatic rings. The van der Waals surface area contributed by atoms with E-state index >= 15 is 0 Å². The molecule has 3 nitrogen and oxygen atoms in total. The van der Waals surface area contributed by atoms with Gasteiger partial charge in [0.25, 0.3) is 0 Å². The number of nitrogens with zero attached hydrogens (tertiary/aromatic N) is 2. The monoisotopic (exact) mass is 169 g/mol. The molecule has 70 valence electrons. The maximum atomic E-state index is 5.00. The van der Waals surface area contributed by atoms with Gasteiger partial charge in [-0.05, 0) is 45.3 Å². The summed E-state index contributed by atoms with van der Waals surface area (Å²) in [4.78, 5) is 2.54. The Labute approximate surface area is 74.6 Å². The molecule has 12 heavy (non-hydrogen) atoms. The molecule has 2 N–H and O–H groups in total. The Hall–Kier alpha value is -0.570. The van der Waals surface area contributed by atoms with Crippen molar-refractivity contribution in [1.82, 2.24) is 4.90 Å². The van der Waals surface area contributed by atoms with E-state index in [0.717, 1.165) is 6.42 Å². The maximum Gasteiger partial charge on any atom is 0.0240 e. The molecule has 0 saturated carbocycles. The molecule has 1 fully saturated rings. The van der Waals surface area contributed by atoms with E-state index in [0.29, 0.717) is 0 Å². The number of hydrogen-bond donors (Lipinski definition) is 1. The molecule has 0 aromatic rings. The topological polar surface area (TPSA) is 41.6 Å². The van der Waals surface area contributed by atoms with Crippen LogP contribution in [0.2, 0.25) is 0 Å². The minimum atomic E-state index is 1.02. The van der Waals surface area contributed by atoms with Crippen molar-refractivity contribution in [3.63, 3.8) is 0 Å². The van der Waals surface area contributed by atoms with Gasteiger partial charge in [-0.25, -0.2) is 0 Å². The summed E-state index contributed by atoms with van der Waals surface area (Å²) in [5, 5.41) is 3.47. The van der Waals surface area contributed by atoms with Gasteiger partial charge in [-0.2, -0.15) is 5.10 Å². The Morgan fingerprint density at radius 2 is 2.00 bits per heavy atom. The second-order valence-electron chi connectivity index (χ2n) is 3.38. The molecule has 0 aromatic carbocycles. The van der Waals surface area contributed by atoms with Crippen LogP contribution >= 0.6 is 0 Å². The van der Waals surface area contributed by atoms with Gasteiger partial charge >= 0.3 is 0 Å². The van der Waals surface area contributed by atoms with Crippen LogP contribution in [0, 0.1) is 0 Å². The van der Waals surface area contributed by atoms with Gasteiger partial charge in [0, 0.05) is 6.21 Å². The summed E-state index contributed by atoms with van der Waals surface area (Å²) in [6.45, 7) is 3.80. The average Bonchev–Trinajstić information content (AvgIpc) is 2.14. The van der Waals surface area contributed by atoms with Crippen LogP contribution in [-0.2, 0) is 0 Å². The van der Waals surface area contributed by atoms with Crippen molar-refractivity contribution < 1.29 is 0 Å². The smallest absolute Gasteiger partial charge is 0.0240 e. The zero-order valence-corrected chi connectivity index (χ0v) is 7.71. The fourth-order valence-corrected chi connectivity index (χ4v) is 1.66. The first kappa shape index (κ1) is 9.52.